The number of fused-ring (bicyclic) bond motifs is 6. The molecule has 0 fully saturated rings. The fourth-order valence-electron chi connectivity index (χ4n) is 18.7. The molecule has 0 atom stereocenters. The van der Waals surface area contributed by atoms with E-state index < -0.39 is 0 Å². The third kappa shape index (κ3) is 18.6. The Bertz CT molecular complexity index is 8010. The smallest absolute Gasteiger partial charge is 0.0546 e. The first-order valence-corrected chi connectivity index (χ1v) is 46.5. The van der Waals surface area contributed by atoms with Gasteiger partial charge in [-0.25, -0.2) is 0 Å². The minimum absolute atomic E-state index is 1.13. The Labute approximate surface area is 796 Å². The van der Waals surface area contributed by atoms with E-state index in [1.165, 1.54) is 143 Å². The minimum Gasteiger partial charge on any atom is -0.310 e. The van der Waals surface area contributed by atoms with E-state index in [9.17, 15) is 0 Å². The maximum absolute atomic E-state index is 2.36. The van der Waals surface area contributed by atoms with Crippen LogP contribution in [-0.4, -0.2) is 0 Å². The number of benzene rings is 24. The van der Waals surface area contributed by atoms with Gasteiger partial charge in [0.25, 0.3) is 0 Å². The Morgan fingerprint density at radius 1 is 0.0956 bits per heavy atom. The SMILES string of the molecule is c1ccc(-c2ccc(-c3cc4ccccc4cc3N(c3ccccc3)c3ccccc3)cc2)cc1.c1ccc(-c2cccc(-c3cc4ccccc4cc3N(c3ccccc3)c3ccccc3)c2)cc1.c1ccc(N(c2ccccc2)c2cc3ccccc3cc2-c2ccc3ccccc3c2)cc1.c1ccc(N(c2ccccc2)c2cc3ccccc3cc2-c2cccc3ccccc23)cc1. The number of hydrogen-bond donors (Lipinski definition) is 0. The fourth-order valence-corrected chi connectivity index (χ4v) is 18.7. The minimum atomic E-state index is 1.13. The highest BCUT2D eigenvalue weighted by Gasteiger charge is 2.25. The number of anilines is 12. The second-order valence-corrected chi connectivity index (χ2v) is 33.9. The summed E-state index contributed by atoms with van der Waals surface area (Å²) < 4.78 is 0. The number of hydrogen-bond acceptors (Lipinski definition) is 4. The van der Waals surface area contributed by atoms with E-state index in [0.29, 0.717) is 0 Å². The van der Waals surface area contributed by atoms with Gasteiger partial charge in [0, 0.05) is 67.8 Å². The molecular formula is C132H96N4. The average Bonchev–Trinajstić information content (AvgIpc) is 0.771. The van der Waals surface area contributed by atoms with Crippen LogP contribution in [0.5, 0.6) is 0 Å². The van der Waals surface area contributed by atoms with E-state index in [1.54, 1.807) is 0 Å². The molecule has 24 aromatic rings. The van der Waals surface area contributed by atoms with E-state index in [0.717, 1.165) is 56.9 Å². The average molecular weight is 1740 g/mol. The summed E-state index contributed by atoms with van der Waals surface area (Å²) in [5.41, 5.74) is 28.3. The lowest BCUT2D eigenvalue weighted by atomic mass is 9.93. The van der Waals surface area contributed by atoms with Crippen LogP contribution in [0.15, 0.2) is 582 Å². The van der Waals surface area contributed by atoms with Crippen LogP contribution in [0.2, 0.25) is 0 Å². The van der Waals surface area contributed by atoms with Crippen molar-refractivity contribution in [2.75, 3.05) is 19.6 Å². The van der Waals surface area contributed by atoms with Crippen LogP contribution in [0.25, 0.3) is 131 Å². The molecule has 0 saturated heterocycles. The van der Waals surface area contributed by atoms with Gasteiger partial charge in [0.1, 0.15) is 0 Å². The topological polar surface area (TPSA) is 13.0 Å². The summed E-state index contributed by atoms with van der Waals surface area (Å²) in [5, 5.41) is 14.9. The molecule has 24 aromatic carbocycles. The molecule has 4 heteroatoms. The van der Waals surface area contributed by atoms with Gasteiger partial charge < -0.3 is 19.6 Å². The first-order valence-electron chi connectivity index (χ1n) is 46.5. The van der Waals surface area contributed by atoms with Crippen molar-refractivity contribution >= 4 is 133 Å². The van der Waals surface area contributed by atoms with Crippen LogP contribution in [0.4, 0.5) is 68.2 Å². The molecule has 0 aromatic heterocycles. The van der Waals surface area contributed by atoms with Crippen LogP contribution in [0, 0.1) is 0 Å². The van der Waals surface area contributed by atoms with Crippen molar-refractivity contribution in [2.45, 2.75) is 0 Å². The van der Waals surface area contributed by atoms with E-state index in [1.807, 2.05) is 0 Å². The van der Waals surface area contributed by atoms with Crippen molar-refractivity contribution < 1.29 is 0 Å². The Balaban J connectivity index is 0.000000108. The molecule has 0 radical (unpaired) electrons. The molecule has 0 aliphatic rings. The van der Waals surface area contributed by atoms with Crippen molar-refractivity contribution in [3.8, 4) is 66.8 Å². The molecule has 0 N–H and O–H groups in total. The van der Waals surface area contributed by atoms with Gasteiger partial charge in [0.05, 0.1) is 22.7 Å². The zero-order chi connectivity index (χ0) is 91.0. The van der Waals surface area contributed by atoms with E-state index in [-0.39, 0.29) is 0 Å². The number of nitrogens with zero attached hydrogens (tertiary/aromatic N) is 4. The summed E-state index contributed by atoms with van der Waals surface area (Å²) in [5.74, 6) is 0. The first-order chi connectivity index (χ1) is 67.5. The predicted molar refractivity (Wildman–Crippen MR) is 582 cm³/mol. The van der Waals surface area contributed by atoms with Gasteiger partial charge in [0.2, 0.25) is 0 Å². The van der Waals surface area contributed by atoms with Crippen LogP contribution >= 0.6 is 0 Å². The molecule has 0 heterocycles. The van der Waals surface area contributed by atoms with Gasteiger partial charge in [-0.15, -0.1) is 0 Å². The van der Waals surface area contributed by atoms with Gasteiger partial charge >= 0.3 is 0 Å². The van der Waals surface area contributed by atoms with Gasteiger partial charge in [-0.3, -0.25) is 0 Å². The second kappa shape index (κ2) is 40.2. The molecule has 0 bridgehead atoms. The maximum Gasteiger partial charge on any atom is 0.0546 e. The third-order valence-electron chi connectivity index (χ3n) is 25.3. The summed E-state index contributed by atoms with van der Waals surface area (Å²) >= 11 is 0. The zero-order valence-electron chi connectivity index (χ0n) is 75.2. The molecule has 0 aliphatic carbocycles. The van der Waals surface area contributed by atoms with Crippen LogP contribution in [0.3, 0.4) is 0 Å². The third-order valence-corrected chi connectivity index (χ3v) is 25.3. The van der Waals surface area contributed by atoms with E-state index in [4.69, 9.17) is 0 Å². The molecule has 24 rings (SSSR count). The molecule has 0 aliphatic heterocycles. The Morgan fingerprint density at radius 2 is 0.301 bits per heavy atom. The van der Waals surface area contributed by atoms with Crippen LogP contribution in [0.1, 0.15) is 0 Å². The normalized spacial score (nSPS) is 10.9. The lowest BCUT2D eigenvalue weighted by Gasteiger charge is -2.28. The molecular weight excluding hydrogens is 1640 g/mol. The van der Waals surface area contributed by atoms with Crippen molar-refractivity contribution in [3.63, 3.8) is 0 Å². The number of rotatable bonds is 18. The highest BCUT2D eigenvalue weighted by Crippen LogP contribution is 2.50. The van der Waals surface area contributed by atoms with Crippen molar-refractivity contribution in [1.29, 1.82) is 0 Å². The standard InChI is InChI=1S/2C34H25N.2C32H23N/c1-4-13-26(14-5-1)27-17-12-18-30(23-27)33-24-28-15-10-11-16-29(28)25-34(33)35(31-19-6-2-7-20-31)32-21-8-3-9-22-32;1-4-12-26(13-5-1)27-20-22-28(23-21-27)33-24-29-14-10-11-15-30(29)25-34(33)35(31-16-6-2-7-17-31)32-18-8-3-9-19-32;1-3-16-27(17-4-1)33(28-18-5-2-6-19-28)32-23-26-14-8-7-13-25(26)22-31(32)30-21-11-15-24-12-9-10-20-29(24)30;1-3-15-29(16-4-1)33(30-17-5-2-6-18-30)32-23-27-14-10-9-13-26(27)22-31(32)28-20-19-24-11-7-8-12-25(24)21-28/h2*1-25H;2*1-23H. The van der Waals surface area contributed by atoms with Crippen LogP contribution in [-0.2, 0) is 0 Å². The zero-order valence-corrected chi connectivity index (χ0v) is 75.2. The Hall–Kier alpha value is -18.0. The summed E-state index contributed by atoms with van der Waals surface area (Å²) in [4.78, 5) is 9.43. The second-order valence-electron chi connectivity index (χ2n) is 33.9. The van der Waals surface area contributed by atoms with Gasteiger partial charge in [-0.05, 0) is 267 Å². The lowest BCUT2D eigenvalue weighted by Crippen LogP contribution is -2.11. The van der Waals surface area contributed by atoms with E-state index in [2.05, 4.69) is 602 Å². The summed E-state index contributed by atoms with van der Waals surface area (Å²) in [6, 6.07) is 207. The molecule has 0 spiro atoms. The summed E-state index contributed by atoms with van der Waals surface area (Å²) in [6.07, 6.45) is 0. The fraction of sp³-hybridized carbons (Fsp3) is 0. The van der Waals surface area contributed by atoms with Crippen molar-refractivity contribution in [2.24, 2.45) is 0 Å². The highest BCUT2D eigenvalue weighted by atomic mass is 15.2. The van der Waals surface area contributed by atoms with Crippen molar-refractivity contribution in [1.82, 2.24) is 0 Å². The molecule has 644 valence electrons. The molecule has 0 amide bonds. The van der Waals surface area contributed by atoms with Gasteiger partial charge in [-0.2, -0.15) is 0 Å². The predicted octanol–water partition coefficient (Wildman–Crippen LogP) is 37.5. The van der Waals surface area contributed by atoms with Crippen LogP contribution < -0.4 is 19.6 Å². The molecule has 0 saturated carbocycles. The van der Waals surface area contributed by atoms with E-state index >= 15 is 0 Å². The van der Waals surface area contributed by atoms with Gasteiger partial charge in [-0.1, -0.05) is 425 Å². The Morgan fingerprint density at radius 3 is 0.647 bits per heavy atom. The summed E-state index contributed by atoms with van der Waals surface area (Å²) in [7, 11) is 0. The summed E-state index contributed by atoms with van der Waals surface area (Å²) in [6.45, 7) is 0. The quantitative estimate of drug-likeness (QED) is 0.0849. The largest absolute Gasteiger partial charge is 0.310 e. The number of para-hydroxylation sites is 8. The monoisotopic (exact) mass is 1740 g/mol. The molecule has 0 unspecified atom stereocenters. The lowest BCUT2D eigenvalue weighted by molar-refractivity contribution is 1.29. The first kappa shape index (κ1) is 84.9. The molecule has 4 nitrogen and oxygen atoms in total. The van der Waals surface area contributed by atoms with Gasteiger partial charge in [0.15, 0.2) is 0 Å². The molecule has 136 heavy (non-hydrogen) atoms. The Kier molecular flexibility index (Phi) is 25.1. The maximum atomic E-state index is 2.36. The van der Waals surface area contributed by atoms with Crippen molar-refractivity contribution in [3.05, 3.63) is 582 Å². The highest BCUT2D eigenvalue weighted by molar-refractivity contribution is 6.07.